The molecule has 189 valence electrons. The Morgan fingerprint density at radius 2 is 1.06 bits per heavy atom. The van der Waals surface area contributed by atoms with Crippen molar-refractivity contribution in [3.8, 4) is 0 Å². The molecule has 0 saturated heterocycles. The number of halogens is 1. The summed E-state index contributed by atoms with van der Waals surface area (Å²) in [5, 5.41) is 0. The monoisotopic (exact) mass is 546 g/mol. The van der Waals surface area contributed by atoms with Gasteiger partial charge in [-0.1, -0.05) is 61.5 Å². The Kier molecular flexibility index (Phi) is 16.6. The first kappa shape index (κ1) is 32.7. The van der Waals surface area contributed by atoms with Crippen molar-refractivity contribution in [3.63, 3.8) is 0 Å². The van der Waals surface area contributed by atoms with E-state index >= 15 is 0 Å². The van der Waals surface area contributed by atoms with E-state index in [-0.39, 0.29) is 0 Å². The second-order valence-electron chi connectivity index (χ2n) is 10.7. The van der Waals surface area contributed by atoms with Crippen LogP contribution in [0, 0.1) is 23.7 Å². The van der Waals surface area contributed by atoms with Crippen LogP contribution >= 0.6 is 28.7 Å². The molecule has 0 aliphatic carbocycles. The first-order valence-corrected chi connectivity index (χ1v) is 13.5. The molecule has 0 amide bonds. The Balaban J connectivity index is 0.000000575. The number of benzene rings is 2. The molecule has 0 fully saturated rings. The van der Waals surface area contributed by atoms with Crippen LogP contribution in [0.1, 0.15) is 77.6 Å². The molecule has 0 saturated carbocycles. The number of hydrogen-bond acceptors (Lipinski definition) is 4. The predicted octanol–water partition coefficient (Wildman–Crippen LogP) is 8.28. The third kappa shape index (κ3) is 14.2. The van der Waals surface area contributed by atoms with Gasteiger partial charge in [-0.25, -0.2) is 0 Å². The summed E-state index contributed by atoms with van der Waals surface area (Å²) in [5.41, 5.74) is 19.3. The van der Waals surface area contributed by atoms with Gasteiger partial charge in [0, 0.05) is 15.8 Å². The summed E-state index contributed by atoms with van der Waals surface area (Å²) < 4.78 is 3.72. The third-order valence-electron chi connectivity index (χ3n) is 5.06. The van der Waals surface area contributed by atoms with Crippen molar-refractivity contribution in [2.45, 2.75) is 81.1 Å². The Morgan fingerprint density at radius 1 is 0.706 bits per heavy atom. The fourth-order valence-electron chi connectivity index (χ4n) is 3.85. The molecule has 4 N–H and O–H groups in total. The normalized spacial score (nSPS) is 10.7. The number of hydrogen-bond donors (Lipinski definition) is 3. The van der Waals surface area contributed by atoms with E-state index in [1.165, 1.54) is 22.3 Å². The fraction of sp³-hybridized carbons (Fsp3) is 0.571. The summed E-state index contributed by atoms with van der Waals surface area (Å²) in [6.45, 7) is 18.0. The zero-order valence-electron chi connectivity index (χ0n) is 22.5. The van der Waals surface area contributed by atoms with Gasteiger partial charge in [0.2, 0.25) is 0 Å². The fourth-order valence-corrected chi connectivity index (χ4v) is 4.24. The topological polar surface area (TPSA) is 64.4 Å². The summed E-state index contributed by atoms with van der Waals surface area (Å²) in [4.78, 5) is 0. The average molecular weight is 547 g/mol. The van der Waals surface area contributed by atoms with Crippen molar-refractivity contribution < 1.29 is 0 Å². The molecule has 34 heavy (non-hydrogen) atoms. The van der Waals surface area contributed by atoms with Crippen LogP contribution in [0.5, 0.6) is 0 Å². The molecule has 2 aromatic rings. The molecule has 0 aromatic heterocycles. The van der Waals surface area contributed by atoms with E-state index in [1.54, 1.807) is 0 Å². The zero-order chi connectivity index (χ0) is 26.4. The van der Waals surface area contributed by atoms with Crippen molar-refractivity contribution >= 4 is 47.8 Å². The van der Waals surface area contributed by atoms with Crippen molar-refractivity contribution in [1.29, 1.82) is 0 Å². The van der Waals surface area contributed by atoms with Gasteiger partial charge in [0.05, 0.1) is 0 Å². The van der Waals surface area contributed by atoms with E-state index in [2.05, 4.69) is 120 Å². The van der Waals surface area contributed by atoms with Crippen molar-refractivity contribution in [2.75, 3.05) is 11.5 Å². The maximum absolute atomic E-state index is 5.95. The van der Waals surface area contributed by atoms with Crippen LogP contribution in [0.25, 0.3) is 0 Å². The van der Waals surface area contributed by atoms with Crippen LogP contribution in [-0.4, -0.2) is 7.64 Å². The maximum atomic E-state index is 5.95. The first-order chi connectivity index (χ1) is 15.8. The molecule has 6 heteroatoms. The second-order valence-corrected chi connectivity index (χ2v) is 11.8. The van der Waals surface area contributed by atoms with E-state index in [1.807, 2.05) is 6.07 Å². The van der Waals surface area contributed by atoms with Crippen LogP contribution in [0.4, 0.5) is 11.4 Å². The summed E-state index contributed by atoms with van der Waals surface area (Å²) in [6, 6.07) is 10.7. The van der Waals surface area contributed by atoms with E-state index < -0.39 is 0 Å². The molecule has 0 aliphatic rings. The molecule has 3 nitrogen and oxygen atoms in total. The summed E-state index contributed by atoms with van der Waals surface area (Å²) >= 11 is 6.70. The van der Waals surface area contributed by atoms with Gasteiger partial charge in [0.1, 0.15) is 0 Å². The number of anilines is 2. The van der Waals surface area contributed by atoms with Crippen LogP contribution in [-0.2, 0) is 25.7 Å². The number of rotatable bonds is 8. The van der Waals surface area contributed by atoms with Crippen molar-refractivity contribution in [1.82, 2.24) is 0 Å². The molecule has 0 spiro atoms. The Morgan fingerprint density at radius 3 is 1.47 bits per heavy atom. The van der Waals surface area contributed by atoms with Crippen LogP contribution in [0.2, 0.25) is 0 Å². The second kappa shape index (κ2) is 17.2. The van der Waals surface area contributed by atoms with E-state index in [0.717, 1.165) is 41.5 Å². The molecule has 0 bridgehead atoms. The van der Waals surface area contributed by atoms with Gasteiger partial charge in [-0.2, -0.15) is 0 Å². The summed E-state index contributed by atoms with van der Waals surface area (Å²) in [5.74, 6) is 2.75. The Bertz CT molecular complexity index is 832. The summed E-state index contributed by atoms with van der Waals surface area (Å²) in [7, 11) is 4.34. The van der Waals surface area contributed by atoms with Crippen LogP contribution in [0.15, 0.2) is 39.1 Å². The standard InChI is InChI=1S/C14H22BrN.C14H23N.BHNS/c1-9(2)5-11-7-13(15)14(16)8-12(11)6-10(3)4;1-10(2)7-12-5-6-14(15)9-13(12)8-11(3)4;1-2-3/h7-10H,5-6,16H2,1-4H3;5-6,9-11H,7-8,15H2,1-4H3;3H. The van der Waals surface area contributed by atoms with Crippen molar-refractivity contribution in [3.05, 3.63) is 57.1 Å². The average Bonchev–Trinajstić information content (AvgIpc) is 2.67. The number of nitrogen functional groups attached to an aromatic ring is 2. The molecule has 0 heterocycles. The number of nitrogens with two attached hydrogens (primary N) is 2. The third-order valence-corrected chi connectivity index (χ3v) is 5.75. The van der Waals surface area contributed by atoms with Gasteiger partial charge < -0.3 is 11.5 Å². The molecule has 1 radical (unpaired) electrons. The molecule has 0 unspecified atom stereocenters. The van der Waals surface area contributed by atoms with E-state index in [4.69, 9.17) is 11.5 Å². The van der Waals surface area contributed by atoms with Gasteiger partial charge in [-0.3, -0.25) is 0 Å². The number of thiol groups is 1. The van der Waals surface area contributed by atoms with Crippen molar-refractivity contribution in [2.24, 2.45) is 28.0 Å². The first-order valence-electron chi connectivity index (χ1n) is 12.3. The van der Waals surface area contributed by atoms with Crippen LogP contribution < -0.4 is 11.5 Å². The molecular formula is C28H46BBrN3S. The van der Waals surface area contributed by atoms with Crippen LogP contribution in [0.3, 0.4) is 0 Å². The van der Waals surface area contributed by atoms with Gasteiger partial charge in [-0.15, -0.1) is 0 Å². The quantitative estimate of drug-likeness (QED) is 0.177. The molecular weight excluding hydrogens is 501 g/mol. The van der Waals surface area contributed by atoms with Gasteiger partial charge in [0.15, 0.2) is 0 Å². The molecule has 0 aliphatic heterocycles. The van der Waals surface area contributed by atoms with Gasteiger partial charge >= 0.3 is 24.8 Å². The molecule has 2 rings (SSSR count). The molecule has 2 aromatic carbocycles. The Hall–Kier alpha value is -1.27. The van der Waals surface area contributed by atoms with E-state index in [9.17, 15) is 0 Å². The minimum atomic E-state index is 0.673. The minimum absolute atomic E-state index is 0.673. The van der Waals surface area contributed by atoms with E-state index in [0.29, 0.717) is 23.7 Å². The van der Waals surface area contributed by atoms with Gasteiger partial charge in [0.25, 0.3) is 0 Å². The summed E-state index contributed by atoms with van der Waals surface area (Å²) in [6.07, 6.45) is 4.52. The molecule has 0 atom stereocenters. The number of nitrogens with zero attached hydrogens (tertiary/aromatic N) is 1. The Labute approximate surface area is 224 Å². The van der Waals surface area contributed by atoms with Gasteiger partial charge in [-0.05, 0) is 112 Å². The predicted molar refractivity (Wildman–Crippen MR) is 161 cm³/mol. The SMILES string of the molecule is CC(C)Cc1cc(N)c(Br)cc1CC(C)C.CC(C)Cc1ccc(N)cc1CC(C)C.[B]=NS. The zero-order valence-corrected chi connectivity index (χ0v) is 25.0.